The molecule has 0 N–H and O–H groups in total. The van der Waals surface area contributed by atoms with Crippen LogP contribution in [0.5, 0.6) is 5.75 Å². The number of hydrogen-bond donors (Lipinski definition) is 0. The third-order valence-corrected chi connectivity index (χ3v) is 5.51. The minimum Gasteiger partial charge on any atom is -0.497 e. The van der Waals surface area contributed by atoms with Crippen molar-refractivity contribution in [2.75, 3.05) is 20.2 Å². The molecule has 0 spiro atoms. The Balaban J connectivity index is 1.47. The number of ether oxygens (including phenoxy) is 1. The first kappa shape index (κ1) is 19.8. The van der Waals surface area contributed by atoms with Gasteiger partial charge in [-0.3, -0.25) is 9.59 Å². The lowest BCUT2D eigenvalue weighted by molar-refractivity contribution is 0.0637. The van der Waals surface area contributed by atoms with E-state index >= 15 is 0 Å². The van der Waals surface area contributed by atoms with Crippen LogP contribution in [0.1, 0.15) is 39.1 Å². The van der Waals surface area contributed by atoms with Gasteiger partial charge < -0.3 is 9.64 Å². The average Bonchev–Trinajstić information content (AvgIpc) is 3.33. The molecule has 30 heavy (non-hydrogen) atoms. The summed E-state index contributed by atoms with van der Waals surface area (Å²) in [4.78, 5) is 27.9. The Morgan fingerprint density at radius 1 is 1.13 bits per heavy atom. The number of carbonyl (C=O) groups excluding carboxylic acids is 2. The van der Waals surface area contributed by atoms with Crippen LogP contribution in [0.15, 0.2) is 48.8 Å². The van der Waals surface area contributed by atoms with Crippen molar-refractivity contribution < 1.29 is 14.3 Å². The predicted molar refractivity (Wildman–Crippen MR) is 110 cm³/mol. The zero-order valence-electron chi connectivity index (χ0n) is 17.0. The van der Waals surface area contributed by atoms with Gasteiger partial charge in [-0.1, -0.05) is 0 Å². The van der Waals surface area contributed by atoms with E-state index in [0.29, 0.717) is 24.2 Å². The Morgan fingerprint density at radius 3 is 2.60 bits per heavy atom. The van der Waals surface area contributed by atoms with Crippen LogP contribution in [0, 0.1) is 12.8 Å². The van der Waals surface area contributed by atoms with Gasteiger partial charge in [0.25, 0.3) is 5.91 Å². The Kier molecular flexibility index (Phi) is 5.56. The maximum atomic E-state index is 13.1. The smallest absolute Gasteiger partial charge is 0.253 e. The molecule has 2 heterocycles. The largest absolute Gasteiger partial charge is 0.497 e. The highest BCUT2D eigenvalue weighted by Crippen LogP contribution is 2.26. The van der Waals surface area contributed by atoms with Crippen LogP contribution in [0.3, 0.4) is 0 Å². The second-order valence-corrected chi connectivity index (χ2v) is 7.44. The first-order chi connectivity index (χ1) is 14.6. The van der Waals surface area contributed by atoms with Gasteiger partial charge in [0.1, 0.15) is 12.1 Å². The number of hydrogen-bond acceptors (Lipinski definition) is 6. The molecule has 0 bridgehead atoms. The van der Waals surface area contributed by atoms with Gasteiger partial charge in [-0.25, -0.2) is 4.68 Å². The Labute approximate surface area is 174 Å². The molecule has 1 fully saturated rings. The summed E-state index contributed by atoms with van der Waals surface area (Å²) in [6.45, 7) is 2.99. The van der Waals surface area contributed by atoms with Gasteiger partial charge in [0.15, 0.2) is 5.78 Å². The number of benzene rings is 2. The summed E-state index contributed by atoms with van der Waals surface area (Å²) in [5.74, 6) is 0.550. The van der Waals surface area contributed by atoms with Crippen LogP contribution >= 0.6 is 0 Å². The molecule has 154 valence electrons. The number of aryl methyl sites for hydroxylation is 1. The van der Waals surface area contributed by atoms with Gasteiger partial charge in [0.05, 0.1) is 12.8 Å². The number of piperidine rings is 1. The molecule has 0 saturated carbocycles. The summed E-state index contributed by atoms with van der Waals surface area (Å²) in [5, 5.41) is 11.1. The maximum Gasteiger partial charge on any atom is 0.253 e. The molecule has 1 aromatic heterocycles. The van der Waals surface area contributed by atoms with E-state index in [4.69, 9.17) is 4.74 Å². The molecule has 1 amide bonds. The highest BCUT2D eigenvalue weighted by molar-refractivity contribution is 6.00. The Hall–Kier alpha value is -3.55. The van der Waals surface area contributed by atoms with Crippen molar-refractivity contribution in [3.63, 3.8) is 0 Å². The highest BCUT2D eigenvalue weighted by atomic mass is 16.5. The molecule has 1 atom stereocenters. The number of likely N-dealkylation sites (tertiary alicyclic amines) is 1. The first-order valence-electron chi connectivity index (χ1n) is 9.88. The molecule has 0 aliphatic carbocycles. The van der Waals surface area contributed by atoms with Crippen LogP contribution in [0.2, 0.25) is 0 Å². The molecule has 1 aliphatic heterocycles. The van der Waals surface area contributed by atoms with Gasteiger partial charge in [0, 0.05) is 30.1 Å². The van der Waals surface area contributed by atoms with Gasteiger partial charge in [-0.2, -0.15) is 0 Å². The van der Waals surface area contributed by atoms with Crippen molar-refractivity contribution in [3.8, 4) is 11.4 Å². The van der Waals surface area contributed by atoms with Crippen LogP contribution in [-0.4, -0.2) is 57.0 Å². The quantitative estimate of drug-likeness (QED) is 0.606. The Bertz CT molecular complexity index is 1050. The average molecular weight is 405 g/mol. The summed E-state index contributed by atoms with van der Waals surface area (Å²) >= 11 is 0. The van der Waals surface area contributed by atoms with Crippen LogP contribution in [0.25, 0.3) is 5.69 Å². The highest BCUT2D eigenvalue weighted by Gasteiger charge is 2.30. The number of aromatic nitrogens is 4. The van der Waals surface area contributed by atoms with E-state index in [1.165, 1.54) is 11.0 Å². The third kappa shape index (κ3) is 3.94. The minimum absolute atomic E-state index is 0.0674. The van der Waals surface area contributed by atoms with Gasteiger partial charge in [0.2, 0.25) is 0 Å². The summed E-state index contributed by atoms with van der Waals surface area (Å²) in [6.07, 6.45) is 3.09. The number of rotatable bonds is 5. The molecule has 8 nitrogen and oxygen atoms in total. The van der Waals surface area contributed by atoms with E-state index in [0.717, 1.165) is 29.8 Å². The number of Topliss-reactive ketones (excluding diaryl/α,β-unsaturated/α-hetero) is 1. The van der Waals surface area contributed by atoms with Crippen LogP contribution < -0.4 is 4.74 Å². The monoisotopic (exact) mass is 405 g/mol. The number of tetrazole rings is 1. The van der Waals surface area contributed by atoms with Gasteiger partial charge >= 0.3 is 0 Å². The van der Waals surface area contributed by atoms with E-state index in [9.17, 15) is 9.59 Å². The molecular weight excluding hydrogens is 382 g/mol. The van der Waals surface area contributed by atoms with E-state index in [2.05, 4.69) is 15.5 Å². The number of methoxy groups -OCH3 is 1. The van der Waals surface area contributed by atoms with E-state index in [1.54, 1.807) is 42.3 Å². The van der Waals surface area contributed by atoms with Crippen molar-refractivity contribution in [2.24, 2.45) is 5.92 Å². The Morgan fingerprint density at radius 2 is 1.93 bits per heavy atom. The second-order valence-electron chi connectivity index (χ2n) is 7.44. The molecule has 0 radical (unpaired) electrons. The van der Waals surface area contributed by atoms with Gasteiger partial charge in [-0.15, -0.1) is 5.10 Å². The van der Waals surface area contributed by atoms with Crippen molar-refractivity contribution >= 4 is 11.7 Å². The lowest BCUT2D eigenvalue weighted by atomic mass is 9.88. The molecule has 4 rings (SSSR count). The van der Waals surface area contributed by atoms with Crippen molar-refractivity contribution in [1.82, 2.24) is 25.1 Å². The number of ketones is 1. The molecular formula is C22H23N5O3. The van der Waals surface area contributed by atoms with E-state index < -0.39 is 0 Å². The van der Waals surface area contributed by atoms with Gasteiger partial charge in [-0.05, 0) is 78.2 Å². The molecule has 1 aliphatic rings. The fourth-order valence-corrected chi connectivity index (χ4v) is 3.85. The lowest BCUT2D eigenvalue weighted by Crippen LogP contribution is -2.42. The zero-order valence-corrected chi connectivity index (χ0v) is 17.0. The van der Waals surface area contributed by atoms with Crippen molar-refractivity contribution in [1.29, 1.82) is 0 Å². The molecule has 3 aromatic rings. The fraction of sp³-hybridized carbons (Fsp3) is 0.318. The van der Waals surface area contributed by atoms with Crippen LogP contribution in [0.4, 0.5) is 0 Å². The third-order valence-electron chi connectivity index (χ3n) is 5.51. The van der Waals surface area contributed by atoms with E-state index in [1.807, 2.05) is 19.1 Å². The zero-order chi connectivity index (χ0) is 21.1. The molecule has 2 aromatic carbocycles. The summed E-state index contributed by atoms with van der Waals surface area (Å²) in [5.41, 5.74) is 2.95. The standard InChI is InChI=1S/C22H23N5O3/c1-15-12-19(30-2)9-10-20(15)21(28)17-4-3-11-26(13-17)22(29)16-5-7-18(8-6-16)27-14-23-24-25-27/h5-10,12,14,17H,3-4,11,13H2,1-2H3/t17-/m0/s1. The van der Waals surface area contributed by atoms with E-state index in [-0.39, 0.29) is 17.6 Å². The number of nitrogens with zero attached hydrogens (tertiary/aromatic N) is 5. The SMILES string of the molecule is COc1ccc(C(=O)[C@H]2CCCN(C(=O)c3ccc(-n4cnnn4)cc3)C2)c(C)c1. The molecule has 0 unspecified atom stereocenters. The second kappa shape index (κ2) is 8.44. The van der Waals surface area contributed by atoms with Crippen LogP contribution in [-0.2, 0) is 0 Å². The number of carbonyl (C=O) groups is 2. The fourth-order valence-electron chi connectivity index (χ4n) is 3.85. The number of amides is 1. The summed E-state index contributed by atoms with van der Waals surface area (Å²) < 4.78 is 6.76. The normalized spacial score (nSPS) is 16.3. The topological polar surface area (TPSA) is 90.2 Å². The summed E-state index contributed by atoms with van der Waals surface area (Å²) in [6, 6.07) is 12.6. The summed E-state index contributed by atoms with van der Waals surface area (Å²) in [7, 11) is 1.61. The minimum atomic E-state index is -0.199. The van der Waals surface area contributed by atoms with Crippen molar-refractivity contribution in [2.45, 2.75) is 19.8 Å². The first-order valence-corrected chi connectivity index (χ1v) is 9.88. The van der Waals surface area contributed by atoms with Crippen molar-refractivity contribution in [3.05, 3.63) is 65.5 Å². The molecule has 1 saturated heterocycles. The molecule has 8 heteroatoms. The maximum absolute atomic E-state index is 13.1. The predicted octanol–water partition coefficient (Wildman–Crippen LogP) is 2.71. The lowest BCUT2D eigenvalue weighted by Gasteiger charge is -2.32.